The molecule has 1 aliphatic rings. The summed E-state index contributed by atoms with van der Waals surface area (Å²) in [7, 11) is 0. The van der Waals surface area contributed by atoms with Gasteiger partial charge in [-0.3, -0.25) is 14.9 Å². The summed E-state index contributed by atoms with van der Waals surface area (Å²) >= 11 is 0. The van der Waals surface area contributed by atoms with Crippen molar-refractivity contribution in [3.63, 3.8) is 0 Å². The maximum atomic E-state index is 12.5. The lowest BCUT2D eigenvalue weighted by Crippen LogP contribution is -2.40. The quantitative estimate of drug-likeness (QED) is 0.436. The van der Waals surface area contributed by atoms with Gasteiger partial charge in [-0.2, -0.15) is 0 Å². The first-order chi connectivity index (χ1) is 16.8. The third-order valence-electron chi connectivity index (χ3n) is 6.44. The Balaban J connectivity index is 1.30. The maximum absolute atomic E-state index is 12.5. The van der Waals surface area contributed by atoms with E-state index in [2.05, 4.69) is 34.9 Å². The number of amides is 2. The zero-order chi connectivity index (χ0) is 24.9. The molecule has 2 atom stereocenters. The van der Waals surface area contributed by atoms with Gasteiger partial charge in [0, 0.05) is 17.6 Å². The van der Waals surface area contributed by atoms with E-state index in [-0.39, 0.29) is 24.9 Å². The van der Waals surface area contributed by atoms with Crippen molar-refractivity contribution in [3.05, 3.63) is 89.5 Å². The van der Waals surface area contributed by atoms with E-state index in [1.54, 1.807) is 38.1 Å². The zero-order valence-corrected chi connectivity index (χ0v) is 19.7. The van der Waals surface area contributed by atoms with Crippen LogP contribution in [-0.4, -0.2) is 35.7 Å². The maximum Gasteiger partial charge on any atom is 0.411 e. The fourth-order valence-electron chi connectivity index (χ4n) is 4.29. The van der Waals surface area contributed by atoms with Crippen molar-refractivity contribution in [2.45, 2.75) is 32.2 Å². The predicted molar refractivity (Wildman–Crippen MR) is 133 cm³/mol. The third kappa shape index (κ3) is 5.51. The number of hydrogen-bond donors (Lipinski definition) is 3. The van der Waals surface area contributed by atoms with E-state index >= 15 is 0 Å². The average Bonchev–Trinajstić information content (AvgIpc) is 3.17. The number of hydrogen-bond acceptors (Lipinski definition) is 4. The molecule has 4 rings (SSSR count). The molecule has 0 aliphatic heterocycles. The minimum absolute atomic E-state index is 0.0136. The van der Waals surface area contributed by atoms with Crippen molar-refractivity contribution in [3.8, 4) is 11.1 Å². The molecule has 0 heterocycles. The first kappa shape index (κ1) is 24.0. The van der Waals surface area contributed by atoms with Crippen molar-refractivity contribution >= 4 is 23.7 Å². The van der Waals surface area contributed by atoms with E-state index in [1.807, 2.05) is 24.3 Å². The number of benzene rings is 3. The second kappa shape index (κ2) is 10.4. The summed E-state index contributed by atoms with van der Waals surface area (Å²) in [5, 5.41) is 14.5. The van der Waals surface area contributed by atoms with Gasteiger partial charge in [-0.15, -0.1) is 0 Å². The number of carboxylic acids is 1. The smallest absolute Gasteiger partial charge is 0.411 e. The van der Waals surface area contributed by atoms with E-state index in [0.717, 1.165) is 16.7 Å². The van der Waals surface area contributed by atoms with Crippen molar-refractivity contribution in [2.24, 2.45) is 5.92 Å². The molecule has 2 amide bonds. The van der Waals surface area contributed by atoms with E-state index in [0.29, 0.717) is 5.69 Å². The summed E-state index contributed by atoms with van der Waals surface area (Å²) in [5.74, 6) is -1.91. The minimum atomic E-state index is -0.957. The van der Waals surface area contributed by atoms with Crippen molar-refractivity contribution in [2.75, 3.05) is 11.9 Å². The number of carbonyl (C=O) groups excluding carboxylic acids is 2. The van der Waals surface area contributed by atoms with Crippen LogP contribution in [0.2, 0.25) is 0 Å². The molecule has 2 unspecified atom stereocenters. The van der Waals surface area contributed by atoms with Gasteiger partial charge < -0.3 is 15.2 Å². The number of nitrogens with one attached hydrogen (secondary N) is 2. The highest BCUT2D eigenvalue weighted by atomic mass is 16.5. The minimum Gasteiger partial charge on any atom is -0.481 e. The van der Waals surface area contributed by atoms with Gasteiger partial charge in [-0.1, -0.05) is 60.7 Å². The Morgan fingerprint density at radius 1 is 0.886 bits per heavy atom. The molecule has 3 N–H and O–H groups in total. The van der Waals surface area contributed by atoms with Gasteiger partial charge in [0.15, 0.2) is 0 Å². The largest absolute Gasteiger partial charge is 0.481 e. The normalized spacial score (nSPS) is 13.8. The van der Waals surface area contributed by atoms with Crippen LogP contribution in [0.5, 0.6) is 0 Å². The molecule has 3 aromatic rings. The summed E-state index contributed by atoms with van der Waals surface area (Å²) in [6.45, 7) is 3.44. The topological polar surface area (TPSA) is 105 Å². The van der Waals surface area contributed by atoms with E-state index in [9.17, 15) is 14.4 Å². The van der Waals surface area contributed by atoms with Crippen LogP contribution in [0.4, 0.5) is 10.5 Å². The summed E-state index contributed by atoms with van der Waals surface area (Å²) in [6.07, 6.45) is -0.434. The Morgan fingerprint density at radius 3 is 2.03 bits per heavy atom. The molecule has 0 bridgehead atoms. The van der Waals surface area contributed by atoms with Gasteiger partial charge in [0.2, 0.25) is 5.91 Å². The van der Waals surface area contributed by atoms with Crippen LogP contribution < -0.4 is 10.6 Å². The van der Waals surface area contributed by atoms with E-state index < -0.39 is 24.0 Å². The number of carbonyl (C=O) groups is 3. The van der Waals surface area contributed by atoms with Gasteiger partial charge in [0.1, 0.15) is 6.61 Å². The molecule has 0 radical (unpaired) electrons. The van der Waals surface area contributed by atoms with E-state index in [4.69, 9.17) is 9.84 Å². The SMILES string of the molecule is CC(NC(=O)Cc1ccc(NC(=O)OCC2c3ccccc3-c3ccccc32)cc1)C(C)C(=O)O. The van der Waals surface area contributed by atoms with Gasteiger partial charge in [-0.05, 0) is 53.8 Å². The third-order valence-corrected chi connectivity index (χ3v) is 6.44. The van der Waals surface area contributed by atoms with Gasteiger partial charge >= 0.3 is 12.1 Å². The van der Waals surface area contributed by atoms with Crippen LogP contribution in [0.25, 0.3) is 11.1 Å². The van der Waals surface area contributed by atoms with Gasteiger partial charge in [0.05, 0.1) is 12.3 Å². The van der Waals surface area contributed by atoms with Crippen LogP contribution in [0.15, 0.2) is 72.8 Å². The number of rotatable bonds is 8. The molecule has 1 aliphatic carbocycles. The Labute approximate surface area is 204 Å². The fourth-order valence-corrected chi connectivity index (χ4v) is 4.29. The molecule has 7 nitrogen and oxygen atoms in total. The molecule has 35 heavy (non-hydrogen) atoms. The summed E-state index contributed by atoms with van der Waals surface area (Å²) < 4.78 is 5.56. The van der Waals surface area contributed by atoms with Crippen LogP contribution >= 0.6 is 0 Å². The molecule has 180 valence electrons. The van der Waals surface area contributed by atoms with Crippen LogP contribution in [-0.2, 0) is 20.7 Å². The van der Waals surface area contributed by atoms with Crippen molar-refractivity contribution < 1.29 is 24.2 Å². The standard InChI is InChI=1S/C28H28N2O5/c1-17(27(32)33)18(2)29-26(31)15-19-11-13-20(14-12-19)30-28(34)35-16-25-23-9-5-3-7-21(23)22-8-4-6-10-24(22)25/h3-14,17-18,25H,15-16H2,1-2H3,(H,29,31)(H,30,34)(H,32,33). The Kier molecular flexibility index (Phi) is 7.15. The van der Waals surface area contributed by atoms with Crippen LogP contribution in [0.3, 0.4) is 0 Å². The van der Waals surface area contributed by atoms with Crippen molar-refractivity contribution in [1.82, 2.24) is 5.32 Å². The van der Waals surface area contributed by atoms with Gasteiger partial charge in [-0.25, -0.2) is 4.79 Å². The number of fused-ring (bicyclic) bond motifs is 3. The highest BCUT2D eigenvalue weighted by Gasteiger charge is 2.29. The summed E-state index contributed by atoms with van der Waals surface area (Å²) in [4.78, 5) is 35.7. The average molecular weight is 473 g/mol. The molecule has 0 saturated heterocycles. The molecule has 3 aromatic carbocycles. The predicted octanol–water partition coefficient (Wildman–Crippen LogP) is 4.82. The summed E-state index contributed by atoms with van der Waals surface area (Å²) in [6, 6.07) is 22.7. The number of carboxylic acid groups (broad SMARTS) is 1. The second-order valence-corrected chi connectivity index (χ2v) is 8.81. The molecule has 0 spiro atoms. The lowest BCUT2D eigenvalue weighted by molar-refractivity contribution is -0.142. The molecular formula is C28H28N2O5. The van der Waals surface area contributed by atoms with Crippen LogP contribution in [0.1, 0.15) is 36.5 Å². The van der Waals surface area contributed by atoms with E-state index in [1.165, 1.54) is 11.1 Å². The highest BCUT2D eigenvalue weighted by molar-refractivity contribution is 5.85. The fraction of sp³-hybridized carbons (Fsp3) is 0.250. The second-order valence-electron chi connectivity index (χ2n) is 8.81. The highest BCUT2D eigenvalue weighted by Crippen LogP contribution is 2.44. The molecule has 0 fully saturated rings. The van der Waals surface area contributed by atoms with Crippen molar-refractivity contribution in [1.29, 1.82) is 0 Å². The molecule has 0 aromatic heterocycles. The molecule has 0 saturated carbocycles. The molecular weight excluding hydrogens is 444 g/mol. The van der Waals surface area contributed by atoms with Gasteiger partial charge in [0.25, 0.3) is 0 Å². The van der Waals surface area contributed by atoms with Crippen LogP contribution in [0, 0.1) is 5.92 Å². The zero-order valence-electron chi connectivity index (χ0n) is 19.7. The Bertz CT molecular complexity index is 1190. The number of ether oxygens (including phenoxy) is 1. The Hall–Kier alpha value is -4.13. The molecule has 7 heteroatoms. The monoisotopic (exact) mass is 472 g/mol. The number of anilines is 1. The first-order valence-corrected chi connectivity index (χ1v) is 11.6. The first-order valence-electron chi connectivity index (χ1n) is 11.6. The lowest BCUT2D eigenvalue weighted by atomic mass is 9.98. The number of aliphatic carboxylic acids is 1. The lowest BCUT2D eigenvalue weighted by Gasteiger charge is -2.17. The summed E-state index contributed by atoms with van der Waals surface area (Å²) in [5.41, 5.74) is 5.94. The Morgan fingerprint density at radius 2 is 1.46 bits per heavy atom.